The fraction of sp³-hybridized carbons (Fsp3) is 0.235. The van der Waals surface area contributed by atoms with E-state index in [2.05, 4.69) is 5.32 Å². The summed E-state index contributed by atoms with van der Waals surface area (Å²) in [6.45, 7) is 1.97. The second kappa shape index (κ2) is 7.38. The maximum atomic E-state index is 13.2. The Morgan fingerprint density at radius 3 is 2.59 bits per heavy atom. The molecule has 3 nitrogen and oxygen atoms in total. The van der Waals surface area contributed by atoms with Crippen molar-refractivity contribution in [2.24, 2.45) is 0 Å². The molecule has 5 heteroatoms. The first-order valence-corrected chi connectivity index (χ1v) is 7.29. The Morgan fingerprint density at radius 2 is 1.95 bits per heavy atom. The van der Waals surface area contributed by atoms with Gasteiger partial charge in [-0.15, -0.1) is 0 Å². The molecule has 0 spiro atoms. The van der Waals surface area contributed by atoms with Gasteiger partial charge < -0.3 is 10.4 Å². The predicted molar refractivity (Wildman–Crippen MR) is 84.0 cm³/mol. The molecule has 0 aromatic heterocycles. The summed E-state index contributed by atoms with van der Waals surface area (Å²) in [4.78, 5) is 11.8. The zero-order valence-corrected chi connectivity index (χ0v) is 12.9. The van der Waals surface area contributed by atoms with Crippen LogP contribution in [0.5, 0.6) is 0 Å². The number of hydrogen-bond donors (Lipinski definition) is 2. The smallest absolute Gasteiger partial charge is 0.223 e. The predicted octanol–water partition coefficient (Wildman–Crippen LogP) is 3.53. The van der Waals surface area contributed by atoms with Crippen molar-refractivity contribution in [3.8, 4) is 0 Å². The Kier molecular flexibility index (Phi) is 5.52. The van der Waals surface area contributed by atoms with Crippen LogP contribution in [-0.2, 0) is 11.3 Å². The minimum absolute atomic E-state index is 0.0399. The van der Waals surface area contributed by atoms with Gasteiger partial charge in [0.1, 0.15) is 5.82 Å². The molecule has 0 aliphatic carbocycles. The lowest BCUT2D eigenvalue weighted by Gasteiger charge is -2.12. The van der Waals surface area contributed by atoms with Gasteiger partial charge >= 0.3 is 0 Å². The lowest BCUT2D eigenvalue weighted by Crippen LogP contribution is -2.24. The quantitative estimate of drug-likeness (QED) is 0.885. The topological polar surface area (TPSA) is 49.3 Å². The zero-order valence-electron chi connectivity index (χ0n) is 12.1. The highest BCUT2D eigenvalue weighted by molar-refractivity contribution is 6.30. The fourth-order valence-corrected chi connectivity index (χ4v) is 2.19. The summed E-state index contributed by atoms with van der Waals surface area (Å²) in [6.07, 6.45) is -0.922. The molecule has 0 fully saturated rings. The Morgan fingerprint density at radius 1 is 1.27 bits per heavy atom. The van der Waals surface area contributed by atoms with Gasteiger partial charge in [0.05, 0.1) is 12.5 Å². The first-order chi connectivity index (χ1) is 10.5. The highest BCUT2D eigenvalue weighted by Crippen LogP contribution is 2.19. The van der Waals surface area contributed by atoms with E-state index in [0.717, 1.165) is 5.56 Å². The number of halogens is 2. The number of carbonyl (C=O) groups excluding carboxylic acids is 1. The Labute approximate surface area is 133 Å². The molecule has 0 saturated carbocycles. The normalized spacial score (nSPS) is 12.0. The van der Waals surface area contributed by atoms with E-state index in [9.17, 15) is 14.3 Å². The second-order valence-electron chi connectivity index (χ2n) is 5.13. The number of nitrogens with one attached hydrogen (secondary N) is 1. The highest BCUT2D eigenvalue weighted by atomic mass is 35.5. The fourth-order valence-electron chi connectivity index (χ4n) is 2.07. The number of hydrogen-bond acceptors (Lipinski definition) is 2. The molecule has 0 aliphatic heterocycles. The largest absolute Gasteiger partial charge is 0.388 e. The minimum Gasteiger partial charge on any atom is -0.388 e. The van der Waals surface area contributed by atoms with Crippen LogP contribution in [0.15, 0.2) is 42.5 Å². The Bertz CT molecular complexity index is 658. The molecule has 0 heterocycles. The van der Waals surface area contributed by atoms with Crippen LogP contribution in [0.3, 0.4) is 0 Å². The van der Waals surface area contributed by atoms with Crippen molar-refractivity contribution >= 4 is 17.5 Å². The monoisotopic (exact) mass is 321 g/mol. The van der Waals surface area contributed by atoms with Crippen molar-refractivity contribution in [3.05, 3.63) is 70.0 Å². The summed E-state index contributed by atoms with van der Waals surface area (Å²) in [7, 11) is 0. The van der Waals surface area contributed by atoms with E-state index < -0.39 is 6.10 Å². The number of benzene rings is 2. The van der Waals surface area contributed by atoms with E-state index in [1.807, 2.05) is 0 Å². The van der Waals surface area contributed by atoms with Gasteiger partial charge in [-0.25, -0.2) is 4.39 Å². The molecule has 116 valence electrons. The molecule has 1 unspecified atom stereocenters. The summed E-state index contributed by atoms with van der Waals surface area (Å²) >= 11 is 5.78. The van der Waals surface area contributed by atoms with Crippen molar-refractivity contribution in [2.75, 3.05) is 0 Å². The van der Waals surface area contributed by atoms with E-state index in [0.29, 0.717) is 22.7 Å². The van der Waals surface area contributed by atoms with E-state index >= 15 is 0 Å². The maximum absolute atomic E-state index is 13.2. The lowest BCUT2D eigenvalue weighted by atomic mass is 10.1. The van der Waals surface area contributed by atoms with Crippen LogP contribution >= 0.6 is 11.6 Å². The van der Waals surface area contributed by atoms with Gasteiger partial charge in [0.25, 0.3) is 0 Å². The molecule has 0 radical (unpaired) electrons. The lowest BCUT2D eigenvalue weighted by molar-refractivity contribution is -0.123. The van der Waals surface area contributed by atoms with Crippen molar-refractivity contribution in [2.45, 2.75) is 26.0 Å². The third-order valence-electron chi connectivity index (χ3n) is 3.35. The Balaban J connectivity index is 1.87. The molecule has 2 aromatic carbocycles. The standard InChI is InChI=1S/C17H17ClFNO2/c1-11-8-12(2-7-15(11)19)10-20-17(22)9-16(21)13-3-5-14(18)6-4-13/h2-8,16,21H,9-10H2,1H3,(H,20,22). The van der Waals surface area contributed by atoms with Crippen LogP contribution in [0.25, 0.3) is 0 Å². The van der Waals surface area contributed by atoms with Gasteiger partial charge in [0.2, 0.25) is 5.91 Å². The molecule has 0 bridgehead atoms. The zero-order chi connectivity index (χ0) is 16.1. The van der Waals surface area contributed by atoms with Crippen molar-refractivity contribution in [1.29, 1.82) is 0 Å². The first kappa shape index (κ1) is 16.5. The first-order valence-electron chi connectivity index (χ1n) is 6.91. The number of aliphatic hydroxyl groups is 1. The number of amides is 1. The SMILES string of the molecule is Cc1cc(CNC(=O)CC(O)c2ccc(Cl)cc2)ccc1F. The number of aryl methyl sites for hydroxylation is 1. The summed E-state index contributed by atoms with van der Waals surface area (Å²) in [5.74, 6) is -0.544. The minimum atomic E-state index is -0.882. The van der Waals surface area contributed by atoms with E-state index in [-0.39, 0.29) is 18.1 Å². The molecule has 1 amide bonds. The van der Waals surface area contributed by atoms with Crippen LogP contribution in [0.1, 0.15) is 29.2 Å². The summed E-state index contributed by atoms with van der Waals surface area (Å²) in [6, 6.07) is 11.4. The number of carbonyl (C=O) groups is 1. The number of rotatable bonds is 5. The van der Waals surface area contributed by atoms with Crippen LogP contribution in [-0.4, -0.2) is 11.0 Å². The summed E-state index contributed by atoms with van der Waals surface area (Å²) in [5, 5.41) is 13.3. The van der Waals surface area contributed by atoms with Crippen molar-refractivity contribution in [3.63, 3.8) is 0 Å². The molecule has 2 N–H and O–H groups in total. The van der Waals surface area contributed by atoms with Crippen LogP contribution in [0.4, 0.5) is 4.39 Å². The van der Waals surface area contributed by atoms with Gasteiger partial charge in [-0.3, -0.25) is 4.79 Å². The molecule has 22 heavy (non-hydrogen) atoms. The molecule has 0 aliphatic rings. The molecule has 2 aromatic rings. The third-order valence-corrected chi connectivity index (χ3v) is 3.60. The van der Waals surface area contributed by atoms with E-state index in [1.54, 1.807) is 43.3 Å². The average Bonchev–Trinajstić information content (AvgIpc) is 2.49. The van der Waals surface area contributed by atoms with Gasteiger partial charge in [-0.1, -0.05) is 35.9 Å². The highest BCUT2D eigenvalue weighted by Gasteiger charge is 2.13. The molecular formula is C17H17ClFNO2. The molecule has 0 saturated heterocycles. The number of aliphatic hydroxyl groups excluding tert-OH is 1. The van der Waals surface area contributed by atoms with Crippen molar-refractivity contribution in [1.82, 2.24) is 5.32 Å². The molecule has 2 rings (SSSR count). The van der Waals surface area contributed by atoms with E-state index in [4.69, 9.17) is 11.6 Å². The third kappa shape index (κ3) is 4.55. The van der Waals surface area contributed by atoms with Crippen LogP contribution in [0, 0.1) is 12.7 Å². The summed E-state index contributed by atoms with van der Waals surface area (Å²) < 4.78 is 13.2. The van der Waals surface area contributed by atoms with Crippen LogP contribution in [0.2, 0.25) is 5.02 Å². The second-order valence-corrected chi connectivity index (χ2v) is 5.57. The summed E-state index contributed by atoms with van der Waals surface area (Å²) in [5.41, 5.74) is 1.98. The maximum Gasteiger partial charge on any atom is 0.223 e. The van der Waals surface area contributed by atoms with Gasteiger partial charge in [0.15, 0.2) is 0 Å². The van der Waals surface area contributed by atoms with Crippen molar-refractivity contribution < 1.29 is 14.3 Å². The van der Waals surface area contributed by atoms with Gasteiger partial charge in [-0.05, 0) is 41.8 Å². The van der Waals surface area contributed by atoms with Gasteiger partial charge in [0, 0.05) is 11.6 Å². The molecular weight excluding hydrogens is 305 g/mol. The van der Waals surface area contributed by atoms with Crippen LogP contribution < -0.4 is 5.32 Å². The molecule has 1 atom stereocenters. The average molecular weight is 322 g/mol. The van der Waals surface area contributed by atoms with E-state index in [1.165, 1.54) is 6.07 Å². The van der Waals surface area contributed by atoms with Gasteiger partial charge in [-0.2, -0.15) is 0 Å². The Hall–Kier alpha value is -1.91.